The zero-order chi connectivity index (χ0) is 22.4. The first-order valence-electron chi connectivity index (χ1n) is 10.2. The zero-order valence-electron chi connectivity index (χ0n) is 17.3. The molecule has 1 aliphatic rings. The summed E-state index contributed by atoms with van der Waals surface area (Å²) in [6.07, 6.45) is 1.76. The SMILES string of the molecule is CCCS(=O)(=O)N1CCCC(C(=O)Nc2ccccc2C(=O)Nc2ccc(Cl)cc2)C1. The first kappa shape index (κ1) is 23.2. The van der Waals surface area contributed by atoms with Gasteiger partial charge in [0.2, 0.25) is 15.9 Å². The van der Waals surface area contributed by atoms with Gasteiger partial charge in [-0.15, -0.1) is 0 Å². The molecule has 7 nitrogen and oxygen atoms in total. The molecule has 1 saturated heterocycles. The molecule has 166 valence electrons. The number of hydrogen-bond donors (Lipinski definition) is 2. The predicted octanol–water partition coefficient (Wildman–Crippen LogP) is 3.98. The van der Waals surface area contributed by atoms with E-state index in [4.69, 9.17) is 11.6 Å². The Kier molecular flexibility index (Phi) is 7.69. The molecule has 1 atom stereocenters. The van der Waals surface area contributed by atoms with Gasteiger partial charge in [-0.1, -0.05) is 30.7 Å². The molecule has 2 amide bonds. The number of piperidine rings is 1. The minimum absolute atomic E-state index is 0.0784. The molecule has 1 heterocycles. The monoisotopic (exact) mass is 463 g/mol. The minimum Gasteiger partial charge on any atom is -0.325 e. The lowest BCUT2D eigenvalue weighted by molar-refractivity contribution is -0.120. The second-order valence-corrected chi connectivity index (χ2v) is 10.0. The fourth-order valence-corrected chi connectivity index (χ4v) is 5.27. The van der Waals surface area contributed by atoms with Crippen molar-refractivity contribution in [3.63, 3.8) is 0 Å². The third-order valence-electron chi connectivity index (χ3n) is 5.14. The van der Waals surface area contributed by atoms with Crippen molar-refractivity contribution in [2.24, 2.45) is 5.92 Å². The fourth-order valence-electron chi connectivity index (χ4n) is 3.55. The average molecular weight is 464 g/mol. The number of amides is 2. The number of halogens is 1. The number of carbonyl (C=O) groups excluding carboxylic acids is 2. The van der Waals surface area contributed by atoms with Gasteiger partial charge in [0.15, 0.2) is 0 Å². The summed E-state index contributed by atoms with van der Waals surface area (Å²) in [7, 11) is -3.35. The highest BCUT2D eigenvalue weighted by molar-refractivity contribution is 7.89. The van der Waals surface area contributed by atoms with Crippen LogP contribution in [0, 0.1) is 5.92 Å². The summed E-state index contributed by atoms with van der Waals surface area (Å²) in [5.41, 5.74) is 1.28. The average Bonchev–Trinajstić information content (AvgIpc) is 2.76. The first-order valence-corrected chi connectivity index (χ1v) is 12.2. The number of rotatable bonds is 7. The predicted molar refractivity (Wildman–Crippen MR) is 123 cm³/mol. The highest BCUT2D eigenvalue weighted by atomic mass is 35.5. The molecule has 0 saturated carbocycles. The van der Waals surface area contributed by atoms with E-state index in [0.717, 1.165) is 0 Å². The van der Waals surface area contributed by atoms with Crippen LogP contribution in [0.5, 0.6) is 0 Å². The quantitative estimate of drug-likeness (QED) is 0.649. The minimum atomic E-state index is -3.35. The van der Waals surface area contributed by atoms with E-state index in [1.54, 1.807) is 48.5 Å². The molecule has 1 fully saturated rings. The lowest BCUT2D eigenvalue weighted by atomic mass is 9.98. The summed E-state index contributed by atoms with van der Waals surface area (Å²) < 4.78 is 26.2. The van der Waals surface area contributed by atoms with E-state index in [9.17, 15) is 18.0 Å². The molecule has 0 radical (unpaired) electrons. The first-order chi connectivity index (χ1) is 14.8. The van der Waals surface area contributed by atoms with Crippen LogP contribution in [-0.2, 0) is 14.8 Å². The molecule has 0 bridgehead atoms. The highest BCUT2D eigenvalue weighted by Gasteiger charge is 2.32. The third kappa shape index (κ3) is 6.06. The van der Waals surface area contributed by atoms with Crippen molar-refractivity contribution in [3.05, 3.63) is 59.1 Å². The maximum Gasteiger partial charge on any atom is 0.257 e. The maximum atomic E-state index is 12.9. The highest BCUT2D eigenvalue weighted by Crippen LogP contribution is 2.24. The van der Waals surface area contributed by atoms with Crippen molar-refractivity contribution in [1.82, 2.24) is 4.31 Å². The van der Waals surface area contributed by atoms with Crippen LogP contribution >= 0.6 is 11.6 Å². The Bertz CT molecular complexity index is 1040. The van der Waals surface area contributed by atoms with Gasteiger partial charge in [-0.3, -0.25) is 9.59 Å². The van der Waals surface area contributed by atoms with Crippen molar-refractivity contribution in [2.75, 3.05) is 29.5 Å². The molecule has 3 rings (SSSR count). The van der Waals surface area contributed by atoms with E-state index in [0.29, 0.717) is 47.8 Å². The summed E-state index contributed by atoms with van der Waals surface area (Å²) in [5.74, 6) is -1.04. The summed E-state index contributed by atoms with van der Waals surface area (Å²) in [6, 6.07) is 13.4. The van der Waals surface area contributed by atoms with Crippen molar-refractivity contribution < 1.29 is 18.0 Å². The largest absolute Gasteiger partial charge is 0.325 e. The van der Waals surface area contributed by atoms with Gasteiger partial charge in [0.25, 0.3) is 5.91 Å². The van der Waals surface area contributed by atoms with Crippen LogP contribution in [0.4, 0.5) is 11.4 Å². The number of para-hydroxylation sites is 1. The van der Waals surface area contributed by atoms with Crippen molar-refractivity contribution in [2.45, 2.75) is 26.2 Å². The Hall–Kier alpha value is -2.42. The molecule has 9 heteroatoms. The van der Waals surface area contributed by atoms with E-state index in [-0.39, 0.29) is 24.1 Å². The van der Waals surface area contributed by atoms with Crippen LogP contribution in [0.2, 0.25) is 5.02 Å². The Labute approximate surface area is 187 Å². The Morgan fingerprint density at radius 1 is 1.10 bits per heavy atom. The van der Waals surface area contributed by atoms with E-state index in [1.807, 2.05) is 6.92 Å². The standard InChI is InChI=1S/C22H26ClN3O4S/c1-2-14-31(29,30)26-13-5-6-16(15-26)21(27)25-20-8-4-3-7-19(20)22(28)24-18-11-9-17(23)10-12-18/h3-4,7-12,16H,2,5-6,13-15H2,1H3,(H,24,28)(H,25,27). The van der Waals surface area contributed by atoms with Gasteiger partial charge in [0, 0.05) is 23.8 Å². The van der Waals surface area contributed by atoms with E-state index < -0.39 is 15.9 Å². The lowest BCUT2D eigenvalue weighted by Crippen LogP contribution is -2.44. The summed E-state index contributed by atoms with van der Waals surface area (Å²) in [4.78, 5) is 25.6. The van der Waals surface area contributed by atoms with Crippen LogP contribution in [0.3, 0.4) is 0 Å². The van der Waals surface area contributed by atoms with Gasteiger partial charge >= 0.3 is 0 Å². The molecule has 0 aromatic heterocycles. The zero-order valence-corrected chi connectivity index (χ0v) is 18.9. The van der Waals surface area contributed by atoms with E-state index >= 15 is 0 Å². The number of nitrogens with zero attached hydrogens (tertiary/aromatic N) is 1. The molecular formula is C22H26ClN3O4S. The van der Waals surface area contributed by atoms with Crippen molar-refractivity contribution >= 4 is 44.8 Å². The smallest absolute Gasteiger partial charge is 0.257 e. The van der Waals surface area contributed by atoms with Gasteiger partial charge in [0.1, 0.15) is 0 Å². The second kappa shape index (κ2) is 10.3. The van der Waals surface area contributed by atoms with Crippen LogP contribution in [0.15, 0.2) is 48.5 Å². The van der Waals surface area contributed by atoms with Gasteiger partial charge in [-0.25, -0.2) is 12.7 Å². The second-order valence-electron chi connectivity index (χ2n) is 7.51. The number of hydrogen-bond acceptors (Lipinski definition) is 4. The molecular weight excluding hydrogens is 438 g/mol. The number of carbonyl (C=O) groups is 2. The molecule has 1 unspecified atom stereocenters. The molecule has 0 spiro atoms. The van der Waals surface area contributed by atoms with Crippen LogP contribution in [0.25, 0.3) is 0 Å². The molecule has 2 aromatic carbocycles. The van der Waals surface area contributed by atoms with Gasteiger partial charge in [0.05, 0.1) is 22.9 Å². The Morgan fingerprint density at radius 3 is 2.52 bits per heavy atom. The number of benzene rings is 2. The van der Waals surface area contributed by atoms with Crippen molar-refractivity contribution in [1.29, 1.82) is 0 Å². The van der Waals surface area contributed by atoms with Gasteiger partial charge < -0.3 is 10.6 Å². The third-order valence-corrected chi connectivity index (χ3v) is 7.44. The van der Waals surface area contributed by atoms with E-state index in [1.165, 1.54) is 4.31 Å². The Morgan fingerprint density at radius 2 is 1.81 bits per heavy atom. The van der Waals surface area contributed by atoms with Crippen LogP contribution in [0.1, 0.15) is 36.5 Å². The molecule has 1 aliphatic heterocycles. The number of nitrogens with one attached hydrogen (secondary N) is 2. The topological polar surface area (TPSA) is 95.6 Å². The van der Waals surface area contributed by atoms with Gasteiger partial charge in [-0.2, -0.15) is 0 Å². The van der Waals surface area contributed by atoms with E-state index in [2.05, 4.69) is 10.6 Å². The van der Waals surface area contributed by atoms with Crippen LogP contribution < -0.4 is 10.6 Å². The Balaban J connectivity index is 1.70. The summed E-state index contributed by atoms with van der Waals surface area (Å²) in [6.45, 7) is 2.41. The molecule has 0 aliphatic carbocycles. The van der Waals surface area contributed by atoms with Crippen molar-refractivity contribution in [3.8, 4) is 0 Å². The maximum absolute atomic E-state index is 12.9. The number of anilines is 2. The fraction of sp³-hybridized carbons (Fsp3) is 0.364. The summed E-state index contributed by atoms with van der Waals surface area (Å²) >= 11 is 5.88. The molecule has 2 aromatic rings. The number of sulfonamides is 1. The normalized spacial score (nSPS) is 17.2. The van der Waals surface area contributed by atoms with Gasteiger partial charge in [-0.05, 0) is 55.7 Å². The molecule has 2 N–H and O–H groups in total. The lowest BCUT2D eigenvalue weighted by Gasteiger charge is -2.31. The summed E-state index contributed by atoms with van der Waals surface area (Å²) in [5, 5.41) is 6.16. The van der Waals surface area contributed by atoms with Crippen LogP contribution in [-0.4, -0.2) is 43.4 Å². The molecule has 31 heavy (non-hydrogen) atoms.